The van der Waals surface area contributed by atoms with E-state index in [0.717, 1.165) is 23.4 Å². The van der Waals surface area contributed by atoms with Crippen LogP contribution in [0.15, 0.2) is 52.2 Å². The van der Waals surface area contributed by atoms with Crippen LogP contribution in [0.3, 0.4) is 0 Å². The zero-order chi connectivity index (χ0) is 19.7. The summed E-state index contributed by atoms with van der Waals surface area (Å²) in [5, 5.41) is 3.42. The van der Waals surface area contributed by atoms with E-state index in [-0.39, 0.29) is 17.5 Å². The number of aromatic nitrogens is 3. The van der Waals surface area contributed by atoms with Crippen LogP contribution in [-0.4, -0.2) is 39.6 Å². The first-order chi connectivity index (χ1) is 13.6. The Labute approximate surface area is 160 Å². The molecule has 8 nitrogen and oxygen atoms in total. The van der Waals surface area contributed by atoms with E-state index < -0.39 is 5.69 Å². The van der Waals surface area contributed by atoms with Gasteiger partial charge in [-0.15, -0.1) is 0 Å². The lowest BCUT2D eigenvalue weighted by atomic mass is 10.1. The Morgan fingerprint density at radius 1 is 1.29 bits per heavy atom. The molecule has 4 rings (SSSR count). The van der Waals surface area contributed by atoms with Gasteiger partial charge in [-0.25, -0.2) is 9.78 Å². The minimum absolute atomic E-state index is 0.0114. The number of fused-ring (bicyclic) bond motifs is 1. The smallest absolute Gasteiger partial charge is 0.328 e. The Morgan fingerprint density at radius 2 is 2.14 bits per heavy atom. The third-order valence-corrected chi connectivity index (χ3v) is 5.06. The van der Waals surface area contributed by atoms with Crippen LogP contribution in [0.2, 0.25) is 0 Å². The number of amides is 1. The molecule has 1 saturated heterocycles. The summed E-state index contributed by atoms with van der Waals surface area (Å²) in [6, 6.07) is 10.5. The van der Waals surface area contributed by atoms with Crippen molar-refractivity contribution in [3.05, 3.63) is 69.0 Å². The zero-order valence-corrected chi connectivity index (χ0v) is 15.5. The van der Waals surface area contributed by atoms with E-state index in [9.17, 15) is 14.4 Å². The molecule has 2 N–H and O–H groups in total. The second kappa shape index (κ2) is 7.30. The van der Waals surface area contributed by atoms with Crippen LogP contribution < -0.4 is 21.5 Å². The number of benzene rings is 1. The van der Waals surface area contributed by atoms with Crippen molar-refractivity contribution in [1.82, 2.24) is 19.9 Å². The standard InChI is InChI=1S/C20H21N5O3/c1-2-25-19(27)15-7-6-13(11-16(15)23-20(25)28)18(26)22-14-8-10-24(12-14)17-5-3-4-9-21-17/h3-7,9,11,14H,2,8,10,12H2,1H3,(H,22,26)(H,23,28)/t14-/m0/s1. The fourth-order valence-electron chi connectivity index (χ4n) is 3.58. The molecule has 144 valence electrons. The largest absolute Gasteiger partial charge is 0.354 e. The van der Waals surface area contributed by atoms with E-state index in [1.807, 2.05) is 18.2 Å². The minimum atomic E-state index is -0.473. The number of pyridine rings is 1. The van der Waals surface area contributed by atoms with Crippen molar-refractivity contribution in [3.8, 4) is 0 Å². The van der Waals surface area contributed by atoms with Crippen LogP contribution in [0, 0.1) is 0 Å². The molecule has 1 amide bonds. The molecule has 1 aliphatic heterocycles. The van der Waals surface area contributed by atoms with E-state index in [2.05, 4.69) is 20.2 Å². The van der Waals surface area contributed by atoms with Gasteiger partial charge >= 0.3 is 5.69 Å². The zero-order valence-electron chi connectivity index (χ0n) is 15.5. The number of H-pyrrole nitrogens is 1. The number of hydrogen-bond acceptors (Lipinski definition) is 5. The second-order valence-corrected chi connectivity index (χ2v) is 6.83. The maximum atomic E-state index is 12.7. The maximum absolute atomic E-state index is 12.7. The summed E-state index contributed by atoms with van der Waals surface area (Å²) in [6.45, 7) is 3.54. The molecular formula is C20H21N5O3. The lowest BCUT2D eigenvalue weighted by Gasteiger charge is -2.17. The second-order valence-electron chi connectivity index (χ2n) is 6.83. The molecule has 28 heavy (non-hydrogen) atoms. The van der Waals surface area contributed by atoms with Gasteiger partial charge in [0.15, 0.2) is 0 Å². The van der Waals surface area contributed by atoms with Crippen molar-refractivity contribution < 1.29 is 4.79 Å². The van der Waals surface area contributed by atoms with Gasteiger partial charge in [-0.05, 0) is 43.7 Å². The highest BCUT2D eigenvalue weighted by atomic mass is 16.2. The number of nitrogens with zero attached hydrogens (tertiary/aromatic N) is 3. The molecule has 1 atom stereocenters. The Hall–Kier alpha value is -3.42. The minimum Gasteiger partial charge on any atom is -0.354 e. The third kappa shape index (κ3) is 3.28. The van der Waals surface area contributed by atoms with Gasteiger partial charge < -0.3 is 15.2 Å². The van der Waals surface area contributed by atoms with Crippen molar-refractivity contribution in [1.29, 1.82) is 0 Å². The van der Waals surface area contributed by atoms with Crippen molar-refractivity contribution in [2.24, 2.45) is 0 Å². The Bertz CT molecular complexity index is 1140. The number of nitrogens with one attached hydrogen (secondary N) is 2. The summed E-state index contributed by atoms with van der Waals surface area (Å²) in [5.41, 5.74) is -0.0451. The molecule has 0 spiro atoms. The number of anilines is 1. The van der Waals surface area contributed by atoms with Crippen LogP contribution >= 0.6 is 0 Å². The van der Waals surface area contributed by atoms with Gasteiger partial charge in [-0.3, -0.25) is 14.2 Å². The van der Waals surface area contributed by atoms with Gasteiger partial charge in [0.2, 0.25) is 0 Å². The summed E-state index contributed by atoms with van der Waals surface area (Å²) in [7, 11) is 0. The molecule has 0 aliphatic carbocycles. The SMILES string of the molecule is CCn1c(=O)[nH]c2cc(C(=O)N[C@H]3CCN(c4ccccn4)C3)ccc2c1=O. The Balaban J connectivity index is 1.52. The third-order valence-electron chi connectivity index (χ3n) is 5.06. The summed E-state index contributed by atoms with van der Waals surface area (Å²) >= 11 is 0. The molecule has 1 aromatic carbocycles. The normalized spacial score (nSPS) is 16.5. The number of carbonyl (C=O) groups is 1. The number of carbonyl (C=O) groups excluding carboxylic acids is 1. The number of rotatable bonds is 4. The molecule has 0 radical (unpaired) electrons. The highest BCUT2D eigenvalue weighted by Crippen LogP contribution is 2.18. The van der Waals surface area contributed by atoms with Gasteiger partial charge in [-0.2, -0.15) is 0 Å². The van der Waals surface area contributed by atoms with E-state index >= 15 is 0 Å². The van der Waals surface area contributed by atoms with Gasteiger partial charge in [0.05, 0.1) is 10.9 Å². The fourth-order valence-corrected chi connectivity index (χ4v) is 3.58. The van der Waals surface area contributed by atoms with Crippen molar-refractivity contribution in [3.63, 3.8) is 0 Å². The molecular weight excluding hydrogens is 358 g/mol. The molecule has 1 fully saturated rings. The van der Waals surface area contributed by atoms with Crippen LogP contribution in [0.5, 0.6) is 0 Å². The van der Waals surface area contributed by atoms with Crippen molar-refractivity contribution >= 4 is 22.6 Å². The van der Waals surface area contributed by atoms with Crippen molar-refractivity contribution in [2.75, 3.05) is 18.0 Å². The highest BCUT2D eigenvalue weighted by molar-refractivity contribution is 5.97. The Morgan fingerprint density at radius 3 is 2.89 bits per heavy atom. The quantitative estimate of drug-likeness (QED) is 0.707. The van der Waals surface area contributed by atoms with Crippen molar-refractivity contribution in [2.45, 2.75) is 25.9 Å². The molecule has 0 unspecified atom stereocenters. The maximum Gasteiger partial charge on any atom is 0.328 e. The Kier molecular flexibility index (Phi) is 4.68. The van der Waals surface area contributed by atoms with Crippen LogP contribution in [0.1, 0.15) is 23.7 Å². The average molecular weight is 379 g/mol. The van der Waals surface area contributed by atoms with Gasteiger partial charge in [0.1, 0.15) is 5.82 Å². The molecule has 0 bridgehead atoms. The van der Waals surface area contributed by atoms with Gasteiger partial charge in [0.25, 0.3) is 11.5 Å². The summed E-state index contributed by atoms with van der Waals surface area (Å²) in [5.74, 6) is 0.671. The topological polar surface area (TPSA) is 100 Å². The summed E-state index contributed by atoms with van der Waals surface area (Å²) in [6.07, 6.45) is 2.58. The van der Waals surface area contributed by atoms with E-state index in [4.69, 9.17) is 0 Å². The lowest BCUT2D eigenvalue weighted by Crippen LogP contribution is -2.37. The monoisotopic (exact) mass is 379 g/mol. The number of hydrogen-bond donors (Lipinski definition) is 2. The first kappa shape index (κ1) is 18.0. The average Bonchev–Trinajstić information content (AvgIpc) is 3.17. The predicted molar refractivity (Wildman–Crippen MR) is 107 cm³/mol. The van der Waals surface area contributed by atoms with E-state index in [1.54, 1.807) is 31.3 Å². The van der Waals surface area contributed by atoms with Crippen LogP contribution in [0.4, 0.5) is 5.82 Å². The highest BCUT2D eigenvalue weighted by Gasteiger charge is 2.25. The molecule has 3 heterocycles. The van der Waals surface area contributed by atoms with Crippen LogP contribution in [-0.2, 0) is 6.54 Å². The molecule has 8 heteroatoms. The fraction of sp³-hybridized carbons (Fsp3) is 0.300. The summed E-state index contributed by atoms with van der Waals surface area (Å²) in [4.78, 5) is 46.2. The molecule has 0 saturated carbocycles. The van der Waals surface area contributed by atoms with E-state index in [1.165, 1.54) is 0 Å². The van der Waals surface area contributed by atoms with Gasteiger partial charge in [-0.1, -0.05) is 6.07 Å². The molecule has 3 aromatic rings. The first-order valence-electron chi connectivity index (χ1n) is 9.30. The predicted octanol–water partition coefficient (Wildman–Crippen LogP) is 1.11. The molecule has 1 aliphatic rings. The molecule has 2 aromatic heterocycles. The van der Waals surface area contributed by atoms with E-state index in [0.29, 0.717) is 29.6 Å². The van der Waals surface area contributed by atoms with Crippen LogP contribution in [0.25, 0.3) is 10.9 Å². The first-order valence-corrected chi connectivity index (χ1v) is 9.30. The summed E-state index contributed by atoms with van der Waals surface area (Å²) < 4.78 is 1.13. The number of aromatic amines is 1. The van der Waals surface area contributed by atoms with Gasteiger partial charge in [0, 0.05) is 37.4 Å². The lowest BCUT2D eigenvalue weighted by molar-refractivity contribution is 0.0940.